The van der Waals surface area contributed by atoms with E-state index in [9.17, 15) is 9.59 Å². The molecule has 88 valence electrons. The second-order valence-electron chi connectivity index (χ2n) is 4.32. The lowest BCUT2D eigenvalue weighted by Crippen LogP contribution is -2.30. The van der Waals surface area contributed by atoms with E-state index >= 15 is 0 Å². The van der Waals surface area contributed by atoms with Crippen LogP contribution in [0.3, 0.4) is 0 Å². The first kappa shape index (κ1) is 14.1. The summed E-state index contributed by atoms with van der Waals surface area (Å²) in [4.78, 5) is 21.1. The number of nitrogens with one attached hydrogen (secondary N) is 1. The van der Waals surface area contributed by atoms with Gasteiger partial charge in [-0.2, -0.15) is 0 Å². The Balaban J connectivity index is 3.50. The maximum atomic E-state index is 11.1. The standard InChI is InChI=1S/C11H21NO3/c1-4-11(2,3)9-15-8-10(14)12-6-5-7-13/h7H,4-6,8-9H2,1-3H3,(H,12,14). The number of rotatable bonds is 8. The van der Waals surface area contributed by atoms with Gasteiger partial charge in [-0.15, -0.1) is 0 Å². The van der Waals surface area contributed by atoms with Crippen LogP contribution in [0, 0.1) is 5.41 Å². The maximum absolute atomic E-state index is 11.1. The lowest BCUT2D eigenvalue weighted by molar-refractivity contribution is -0.126. The Kier molecular flexibility index (Phi) is 6.96. The predicted octanol–water partition coefficient (Wildman–Crippen LogP) is 1.14. The lowest BCUT2D eigenvalue weighted by atomic mass is 9.92. The van der Waals surface area contributed by atoms with Crippen LogP contribution in [0.25, 0.3) is 0 Å². The molecule has 0 spiro atoms. The van der Waals surface area contributed by atoms with Crippen molar-refractivity contribution >= 4 is 12.2 Å². The Hall–Kier alpha value is -0.900. The molecule has 0 heterocycles. The molecule has 0 bridgehead atoms. The fourth-order valence-electron chi connectivity index (χ4n) is 0.844. The van der Waals surface area contributed by atoms with Gasteiger partial charge in [-0.3, -0.25) is 4.79 Å². The molecule has 0 aromatic rings. The smallest absolute Gasteiger partial charge is 0.246 e. The average Bonchev–Trinajstić information content (AvgIpc) is 2.18. The summed E-state index contributed by atoms with van der Waals surface area (Å²) in [5, 5.41) is 2.59. The topological polar surface area (TPSA) is 55.4 Å². The largest absolute Gasteiger partial charge is 0.371 e. The van der Waals surface area contributed by atoms with Crippen LogP contribution >= 0.6 is 0 Å². The molecule has 0 aromatic heterocycles. The van der Waals surface area contributed by atoms with Crippen LogP contribution in [-0.2, 0) is 14.3 Å². The van der Waals surface area contributed by atoms with Crippen molar-refractivity contribution in [3.05, 3.63) is 0 Å². The minimum absolute atomic E-state index is 0.0717. The number of hydrogen-bond acceptors (Lipinski definition) is 3. The second-order valence-corrected chi connectivity index (χ2v) is 4.32. The SMILES string of the molecule is CCC(C)(C)COCC(=O)NCCC=O. The highest BCUT2D eigenvalue weighted by atomic mass is 16.5. The lowest BCUT2D eigenvalue weighted by Gasteiger charge is -2.21. The van der Waals surface area contributed by atoms with Crippen molar-refractivity contribution in [2.24, 2.45) is 5.41 Å². The van der Waals surface area contributed by atoms with Gasteiger partial charge in [-0.1, -0.05) is 20.8 Å². The minimum atomic E-state index is -0.163. The van der Waals surface area contributed by atoms with Crippen molar-refractivity contribution in [3.8, 4) is 0 Å². The molecule has 0 unspecified atom stereocenters. The second kappa shape index (κ2) is 7.40. The number of carbonyl (C=O) groups excluding carboxylic acids is 2. The summed E-state index contributed by atoms with van der Waals surface area (Å²) in [5.74, 6) is -0.163. The Morgan fingerprint density at radius 1 is 1.47 bits per heavy atom. The molecule has 0 aliphatic rings. The minimum Gasteiger partial charge on any atom is -0.371 e. The molecule has 0 rings (SSSR count). The molecule has 1 amide bonds. The van der Waals surface area contributed by atoms with Crippen molar-refractivity contribution in [1.82, 2.24) is 5.32 Å². The third-order valence-corrected chi connectivity index (χ3v) is 2.27. The van der Waals surface area contributed by atoms with Gasteiger partial charge in [-0.05, 0) is 11.8 Å². The zero-order valence-corrected chi connectivity index (χ0v) is 9.84. The van der Waals surface area contributed by atoms with Crippen LogP contribution in [0.2, 0.25) is 0 Å². The van der Waals surface area contributed by atoms with Gasteiger partial charge in [0.1, 0.15) is 12.9 Å². The molecule has 0 aliphatic heterocycles. The summed E-state index contributed by atoms with van der Waals surface area (Å²) in [6.45, 7) is 7.32. The van der Waals surface area contributed by atoms with E-state index in [1.165, 1.54) is 0 Å². The number of amides is 1. The molecule has 0 aliphatic carbocycles. The molecule has 0 aromatic carbocycles. The molecule has 4 heteroatoms. The highest BCUT2D eigenvalue weighted by Crippen LogP contribution is 2.19. The van der Waals surface area contributed by atoms with E-state index in [2.05, 4.69) is 26.1 Å². The molecule has 0 fully saturated rings. The zero-order chi connectivity index (χ0) is 11.7. The number of aldehydes is 1. The fourth-order valence-corrected chi connectivity index (χ4v) is 0.844. The summed E-state index contributed by atoms with van der Waals surface area (Å²) >= 11 is 0. The van der Waals surface area contributed by atoms with Crippen LogP contribution in [-0.4, -0.2) is 32.0 Å². The Bertz CT molecular complexity index is 202. The molecule has 15 heavy (non-hydrogen) atoms. The van der Waals surface area contributed by atoms with Gasteiger partial charge in [0.25, 0.3) is 0 Å². The monoisotopic (exact) mass is 215 g/mol. The van der Waals surface area contributed by atoms with Gasteiger partial charge in [-0.25, -0.2) is 0 Å². The molecule has 0 radical (unpaired) electrons. The number of ether oxygens (including phenoxy) is 1. The molecule has 0 saturated carbocycles. The molecule has 1 N–H and O–H groups in total. The highest BCUT2D eigenvalue weighted by molar-refractivity contribution is 5.77. The summed E-state index contributed by atoms with van der Waals surface area (Å²) in [6, 6.07) is 0. The molecular weight excluding hydrogens is 194 g/mol. The van der Waals surface area contributed by atoms with Crippen molar-refractivity contribution in [3.63, 3.8) is 0 Å². The molecule has 4 nitrogen and oxygen atoms in total. The summed E-state index contributed by atoms with van der Waals surface area (Å²) in [5.41, 5.74) is 0.114. The van der Waals surface area contributed by atoms with E-state index in [0.29, 0.717) is 19.6 Å². The zero-order valence-electron chi connectivity index (χ0n) is 9.84. The van der Waals surface area contributed by atoms with Crippen LogP contribution in [0.15, 0.2) is 0 Å². The fraction of sp³-hybridized carbons (Fsp3) is 0.818. The molecule has 0 atom stereocenters. The Morgan fingerprint density at radius 3 is 2.67 bits per heavy atom. The van der Waals surface area contributed by atoms with E-state index in [1.54, 1.807) is 0 Å². The first-order valence-electron chi connectivity index (χ1n) is 5.30. The van der Waals surface area contributed by atoms with Crippen molar-refractivity contribution in [2.45, 2.75) is 33.6 Å². The normalized spacial score (nSPS) is 11.1. The van der Waals surface area contributed by atoms with E-state index in [4.69, 9.17) is 4.74 Å². The first-order chi connectivity index (χ1) is 7.02. The quantitative estimate of drug-likeness (QED) is 0.488. The van der Waals surface area contributed by atoms with Crippen LogP contribution < -0.4 is 5.32 Å². The Labute approximate surface area is 91.4 Å². The third-order valence-electron chi connectivity index (χ3n) is 2.27. The van der Waals surface area contributed by atoms with Crippen LogP contribution in [0.1, 0.15) is 33.6 Å². The van der Waals surface area contributed by atoms with Gasteiger partial charge in [0, 0.05) is 13.0 Å². The van der Waals surface area contributed by atoms with Crippen LogP contribution in [0.4, 0.5) is 0 Å². The third kappa shape index (κ3) is 8.12. The maximum Gasteiger partial charge on any atom is 0.246 e. The number of hydrogen-bond donors (Lipinski definition) is 1. The van der Waals surface area contributed by atoms with Gasteiger partial charge >= 0.3 is 0 Å². The van der Waals surface area contributed by atoms with E-state index in [1.807, 2.05) is 0 Å². The van der Waals surface area contributed by atoms with E-state index in [0.717, 1.165) is 12.7 Å². The van der Waals surface area contributed by atoms with Crippen molar-refractivity contribution in [2.75, 3.05) is 19.8 Å². The van der Waals surface area contributed by atoms with Gasteiger partial charge < -0.3 is 14.8 Å². The summed E-state index contributed by atoms with van der Waals surface area (Å²) in [6.07, 6.45) is 2.15. The van der Waals surface area contributed by atoms with Gasteiger partial charge in [0.2, 0.25) is 5.91 Å². The van der Waals surface area contributed by atoms with Crippen molar-refractivity contribution in [1.29, 1.82) is 0 Å². The highest BCUT2D eigenvalue weighted by Gasteiger charge is 2.15. The van der Waals surface area contributed by atoms with Crippen LogP contribution in [0.5, 0.6) is 0 Å². The predicted molar refractivity (Wildman–Crippen MR) is 58.6 cm³/mol. The van der Waals surface area contributed by atoms with Crippen molar-refractivity contribution < 1.29 is 14.3 Å². The average molecular weight is 215 g/mol. The van der Waals surface area contributed by atoms with E-state index < -0.39 is 0 Å². The molecule has 0 saturated heterocycles. The van der Waals surface area contributed by atoms with Gasteiger partial charge in [0.15, 0.2) is 0 Å². The van der Waals surface area contributed by atoms with E-state index in [-0.39, 0.29) is 17.9 Å². The van der Waals surface area contributed by atoms with Gasteiger partial charge in [0.05, 0.1) is 6.61 Å². The summed E-state index contributed by atoms with van der Waals surface area (Å²) < 4.78 is 5.28. The first-order valence-corrected chi connectivity index (χ1v) is 5.30. The molecular formula is C11H21NO3. The Morgan fingerprint density at radius 2 is 2.13 bits per heavy atom. The summed E-state index contributed by atoms with van der Waals surface area (Å²) in [7, 11) is 0. The number of carbonyl (C=O) groups is 2.